The molecule has 2 aliphatic carbocycles. The summed E-state index contributed by atoms with van der Waals surface area (Å²) in [6, 6.07) is 0. The third-order valence-electron chi connectivity index (χ3n) is 4.23. The Kier molecular flexibility index (Phi) is 3.48. The Morgan fingerprint density at radius 3 is 2.68 bits per heavy atom. The number of allylic oxidation sites excluding steroid dienone is 8. The van der Waals surface area contributed by atoms with Gasteiger partial charge < -0.3 is 0 Å². The summed E-state index contributed by atoms with van der Waals surface area (Å²) >= 11 is 0. The lowest BCUT2D eigenvalue weighted by Crippen LogP contribution is -2.08. The topological polar surface area (TPSA) is 0 Å². The van der Waals surface area contributed by atoms with E-state index in [9.17, 15) is 0 Å². The molecule has 0 aromatic carbocycles. The zero-order valence-electron chi connectivity index (χ0n) is 12.2. The molecule has 1 heterocycles. The number of rotatable bonds is 2. The fraction of sp³-hybridized carbons (Fsp3) is 0.412. The second-order valence-electron chi connectivity index (χ2n) is 5.63. The van der Waals surface area contributed by atoms with Crippen LogP contribution in [0.15, 0.2) is 58.1 Å². The smallest absolute Gasteiger partial charge is 0.0424 e. The lowest BCUT2D eigenvalue weighted by atomic mass is 9.93. The summed E-state index contributed by atoms with van der Waals surface area (Å²) in [6.45, 7) is 9.66. The van der Waals surface area contributed by atoms with Gasteiger partial charge in [-0.05, 0) is 23.6 Å². The van der Waals surface area contributed by atoms with Gasteiger partial charge in [0.25, 0.3) is 0 Å². The van der Waals surface area contributed by atoms with Crippen molar-refractivity contribution >= 4 is 17.4 Å². The summed E-state index contributed by atoms with van der Waals surface area (Å²) in [4.78, 5) is 1.66. The van der Waals surface area contributed by atoms with Crippen molar-refractivity contribution in [3.8, 4) is 0 Å². The average Bonchev–Trinajstić information content (AvgIpc) is 3.02. The highest BCUT2D eigenvalue weighted by Crippen LogP contribution is 2.53. The van der Waals surface area contributed by atoms with Gasteiger partial charge in [-0.2, -0.15) is 9.89 Å². The molecule has 2 heteroatoms. The molecule has 3 atom stereocenters. The third kappa shape index (κ3) is 2.05. The van der Waals surface area contributed by atoms with Crippen LogP contribution in [0.4, 0.5) is 0 Å². The molecule has 3 rings (SSSR count). The highest BCUT2D eigenvalue weighted by molar-refractivity contribution is 8.25. The van der Waals surface area contributed by atoms with Gasteiger partial charge in [0.05, 0.1) is 0 Å². The number of fused-ring (bicyclic) bond motifs is 1. The van der Waals surface area contributed by atoms with Crippen molar-refractivity contribution in [1.82, 2.24) is 0 Å². The first kappa shape index (κ1) is 13.3. The number of hydrogen-bond acceptors (Lipinski definition) is 0. The molecule has 3 unspecified atom stereocenters. The van der Waals surface area contributed by atoms with E-state index in [4.69, 9.17) is 0 Å². The van der Waals surface area contributed by atoms with E-state index >= 15 is 0 Å². The van der Waals surface area contributed by atoms with E-state index < -0.39 is 0 Å². The molecule has 0 aromatic rings. The van der Waals surface area contributed by atoms with Crippen molar-refractivity contribution in [2.24, 2.45) is 5.92 Å². The van der Waals surface area contributed by atoms with Crippen LogP contribution in [0.3, 0.4) is 0 Å². The Balaban J connectivity index is 2.08. The van der Waals surface area contributed by atoms with Crippen LogP contribution in [0.5, 0.6) is 0 Å². The molecule has 100 valence electrons. The Morgan fingerprint density at radius 1 is 1.26 bits per heavy atom. The monoisotopic (exact) mass is 286 g/mol. The molecule has 0 fully saturated rings. The summed E-state index contributed by atoms with van der Waals surface area (Å²) in [5.41, 5.74) is 4.77. The molecule has 0 radical (unpaired) electrons. The largest absolute Gasteiger partial charge is 0.175 e. The Morgan fingerprint density at radius 2 is 2.05 bits per heavy atom. The molecule has 3 aliphatic rings. The molecular formula is C17H22SSi. The first-order valence-electron chi connectivity index (χ1n) is 7.18. The van der Waals surface area contributed by atoms with Crippen LogP contribution < -0.4 is 0 Å². The predicted molar refractivity (Wildman–Crippen MR) is 89.8 cm³/mol. The lowest BCUT2D eigenvalue weighted by Gasteiger charge is -2.18. The van der Waals surface area contributed by atoms with E-state index in [0.29, 0.717) is 15.8 Å². The van der Waals surface area contributed by atoms with Gasteiger partial charge in [-0.3, -0.25) is 0 Å². The van der Waals surface area contributed by atoms with Crippen LogP contribution in [-0.2, 0) is 0 Å². The van der Waals surface area contributed by atoms with Gasteiger partial charge in [0.1, 0.15) is 0 Å². The lowest BCUT2D eigenvalue weighted by molar-refractivity contribution is 0.904. The van der Waals surface area contributed by atoms with Crippen LogP contribution in [0, 0.1) is 5.92 Å². The van der Waals surface area contributed by atoms with Gasteiger partial charge in [0, 0.05) is 23.6 Å². The van der Waals surface area contributed by atoms with E-state index in [1.54, 1.807) is 16.1 Å². The van der Waals surface area contributed by atoms with E-state index in [1.807, 2.05) is 0 Å². The molecule has 0 saturated carbocycles. The Bertz CT molecular complexity index is 607. The summed E-state index contributed by atoms with van der Waals surface area (Å²) < 4.78 is 0. The Hall–Kier alpha value is -0.733. The normalized spacial score (nSPS) is 31.9. The second kappa shape index (κ2) is 4.99. The Labute approximate surface area is 120 Å². The zero-order valence-corrected chi connectivity index (χ0v) is 14.1. The van der Waals surface area contributed by atoms with Crippen molar-refractivity contribution in [2.75, 3.05) is 0 Å². The minimum Gasteiger partial charge on any atom is -0.175 e. The van der Waals surface area contributed by atoms with E-state index in [2.05, 4.69) is 63.4 Å². The minimum absolute atomic E-state index is 0.261. The number of hydrogen-bond donors (Lipinski definition) is 0. The maximum Gasteiger partial charge on any atom is 0.0424 e. The van der Waals surface area contributed by atoms with Crippen molar-refractivity contribution in [2.45, 2.75) is 38.6 Å². The van der Waals surface area contributed by atoms with Gasteiger partial charge in [-0.15, -0.1) is 0 Å². The first-order chi connectivity index (χ1) is 9.13. The zero-order chi connectivity index (χ0) is 13.6. The molecule has 0 saturated heterocycles. The molecule has 19 heavy (non-hydrogen) atoms. The van der Waals surface area contributed by atoms with Crippen LogP contribution >= 0.6 is 9.89 Å². The van der Waals surface area contributed by atoms with Crippen molar-refractivity contribution < 1.29 is 0 Å². The van der Waals surface area contributed by atoms with Crippen molar-refractivity contribution in [3.05, 3.63) is 58.1 Å². The van der Waals surface area contributed by atoms with Crippen LogP contribution in [-0.4, -0.2) is 12.8 Å². The SMILES string of the molecule is CCC1=CC(C2=C3C=CC=C3S(=[Si](C)C)C2C)C=C1. The average molecular weight is 287 g/mol. The van der Waals surface area contributed by atoms with E-state index in [1.165, 1.54) is 5.57 Å². The second-order valence-corrected chi connectivity index (χ2v) is 13.0. The van der Waals surface area contributed by atoms with Crippen LogP contribution in [0.2, 0.25) is 13.1 Å². The standard InChI is InChI=1S/C17H22SSi/c1-5-13-9-10-14(11-13)17-12(2)18(19(3)4)16-8-6-7-15(16)17/h6-12,14H,5H2,1-4H3. The highest BCUT2D eigenvalue weighted by Gasteiger charge is 2.34. The fourth-order valence-corrected chi connectivity index (χ4v) is 10.5. The molecule has 1 aliphatic heterocycles. The summed E-state index contributed by atoms with van der Waals surface area (Å²) in [6.07, 6.45) is 15.4. The summed E-state index contributed by atoms with van der Waals surface area (Å²) in [5.74, 6) is 0.560. The van der Waals surface area contributed by atoms with Gasteiger partial charge in [-0.25, -0.2) is 0 Å². The summed E-state index contributed by atoms with van der Waals surface area (Å²) in [5, 5.41) is 0.747. The molecule has 0 spiro atoms. The van der Waals surface area contributed by atoms with Gasteiger partial charge >= 0.3 is 0 Å². The molecule has 0 bridgehead atoms. The van der Waals surface area contributed by atoms with Crippen molar-refractivity contribution in [1.29, 1.82) is 0 Å². The predicted octanol–water partition coefficient (Wildman–Crippen LogP) is 5.18. The summed E-state index contributed by atoms with van der Waals surface area (Å²) in [7, 11) is 0.234. The molecule has 0 nitrogen and oxygen atoms in total. The maximum absolute atomic E-state index is 2.48. The molecule has 0 aromatic heterocycles. The van der Waals surface area contributed by atoms with Crippen molar-refractivity contribution in [3.63, 3.8) is 0 Å². The molecular weight excluding hydrogens is 264 g/mol. The van der Waals surface area contributed by atoms with E-state index in [-0.39, 0.29) is 7.50 Å². The van der Waals surface area contributed by atoms with E-state index in [0.717, 1.165) is 11.7 Å². The maximum atomic E-state index is 2.48. The van der Waals surface area contributed by atoms with Crippen LogP contribution in [0.25, 0.3) is 0 Å². The van der Waals surface area contributed by atoms with Gasteiger partial charge in [0.15, 0.2) is 0 Å². The molecule has 0 N–H and O–H groups in total. The quantitative estimate of drug-likeness (QED) is 0.613. The molecule has 0 amide bonds. The first-order valence-corrected chi connectivity index (χ1v) is 11.7. The fourth-order valence-electron chi connectivity index (χ4n) is 3.39. The van der Waals surface area contributed by atoms with Crippen LogP contribution in [0.1, 0.15) is 20.3 Å². The van der Waals surface area contributed by atoms with Gasteiger partial charge in [0.2, 0.25) is 0 Å². The van der Waals surface area contributed by atoms with Gasteiger partial charge in [-0.1, -0.05) is 62.9 Å². The highest BCUT2D eigenvalue weighted by atomic mass is 32.3. The third-order valence-corrected chi connectivity index (χ3v) is 11.3. The minimum atomic E-state index is -0.261.